The molecule has 0 amide bonds. The molecule has 1 aliphatic heterocycles. The summed E-state index contributed by atoms with van der Waals surface area (Å²) in [5, 5.41) is 0. The van der Waals surface area contributed by atoms with Gasteiger partial charge < -0.3 is 0 Å². The average molecular weight is 178 g/mol. The van der Waals surface area contributed by atoms with Gasteiger partial charge >= 0.3 is 0 Å². The first-order valence-corrected chi connectivity index (χ1v) is 5.26. The average Bonchev–Trinajstić information content (AvgIpc) is 2.02. The first-order chi connectivity index (χ1) is 5.20. The predicted molar refractivity (Wildman–Crippen MR) is 49.6 cm³/mol. The molecule has 11 heavy (non-hydrogen) atoms. The van der Waals surface area contributed by atoms with E-state index in [1.807, 2.05) is 32.2 Å². The summed E-state index contributed by atoms with van der Waals surface area (Å²) in [6.45, 7) is 5.95. The Balaban J connectivity index is 0.000000461. The van der Waals surface area contributed by atoms with Crippen LogP contribution in [0.1, 0.15) is 13.8 Å². The van der Waals surface area contributed by atoms with Crippen LogP contribution in [0.5, 0.6) is 0 Å². The standard InChI is InChI=1S/C5H12N2OS.C2H6/c1-6-3-4-7(2)9(8)5-6;1-2/h3-5H2,1-2H3;1-2H3. The maximum atomic E-state index is 11.0. The van der Waals surface area contributed by atoms with Gasteiger partial charge in [0.25, 0.3) is 0 Å². The second-order valence-corrected chi connectivity index (χ2v) is 3.91. The minimum Gasteiger partial charge on any atom is -0.293 e. The van der Waals surface area contributed by atoms with Gasteiger partial charge in [0, 0.05) is 13.1 Å². The monoisotopic (exact) mass is 178 g/mol. The molecule has 0 N–H and O–H groups in total. The van der Waals surface area contributed by atoms with E-state index in [0.717, 1.165) is 13.1 Å². The van der Waals surface area contributed by atoms with Crippen LogP contribution >= 0.6 is 0 Å². The van der Waals surface area contributed by atoms with E-state index in [2.05, 4.69) is 4.90 Å². The number of hydrogen-bond donors (Lipinski definition) is 0. The number of nitrogens with zero attached hydrogens (tertiary/aromatic N) is 2. The summed E-state index contributed by atoms with van der Waals surface area (Å²) in [6, 6.07) is 0. The Labute approximate surface area is 72.0 Å². The molecule has 4 heteroatoms. The van der Waals surface area contributed by atoms with Crippen molar-refractivity contribution in [1.29, 1.82) is 0 Å². The third-order valence-corrected chi connectivity index (χ3v) is 3.01. The maximum absolute atomic E-state index is 11.0. The molecule has 0 saturated carbocycles. The molecule has 0 aliphatic carbocycles. The summed E-state index contributed by atoms with van der Waals surface area (Å²) < 4.78 is 12.9. The van der Waals surface area contributed by atoms with E-state index >= 15 is 0 Å². The SMILES string of the molecule is CC.CN1CCN(C)S(=O)C1. The van der Waals surface area contributed by atoms with E-state index < -0.39 is 11.0 Å². The minimum atomic E-state index is -0.756. The highest BCUT2D eigenvalue weighted by molar-refractivity contribution is 7.82. The van der Waals surface area contributed by atoms with Crippen molar-refractivity contribution in [1.82, 2.24) is 9.21 Å². The van der Waals surface area contributed by atoms with Crippen molar-refractivity contribution in [3.05, 3.63) is 0 Å². The lowest BCUT2D eigenvalue weighted by Gasteiger charge is -2.27. The highest BCUT2D eigenvalue weighted by atomic mass is 32.2. The topological polar surface area (TPSA) is 23.6 Å². The van der Waals surface area contributed by atoms with Crippen molar-refractivity contribution in [2.75, 3.05) is 33.1 Å². The van der Waals surface area contributed by atoms with Gasteiger partial charge in [-0.15, -0.1) is 0 Å². The van der Waals surface area contributed by atoms with Crippen LogP contribution < -0.4 is 0 Å². The predicted octanol–water partition coefficient (Wildman–Crippen LogP) is 0.511. The van der Waals surface area contributed by atoms with Gasteiger partial charge in [0.15, 0.2) is 0 Å². The molecule has 1 heterocycles. The lowest BCUT2D eigenvalue weighted by molar-refractivity contribution is 0.319. The molecule has 1 fully saturated rings. The van der Waals surface area contributed by atoms with Crippen LogP contribution in [-0.2, 0) is 11.0 Å². The third kappa shape index (κ3) is 3.84. The van der Waals surface area contributed by atoms with Crippen molar-refractivity contribution in [3.63, 3.8) is 0 Å². The van der Waals surface area contributed by atoms with E-state index in [1.165, 1.54) is 0 Å². The molecule has 0 radical (unpaired) electrons. The molecule has 1 saturated heterocycles. The van der Waals surface area contributed by atoms with Crippen LogP contribution in [0.4, 0.5) is 0 Å². The second-order valence-electron chi connectivity index (χ2n) is 2.38. The molecule has 1 rings (SSSR count). The van der Waals surface area contributed by atoms with Crippen LogP contribution in [0, 0.1) is 0 Å². The lowest BCUT2D eigenvalue weighted by Crippen LogP contribution is -2.42. The van der Waals surface area contributed by atoms with Gasteiger partial charge in [-0.1, -0.05) is 13.8 Å². The Kier molecular flexibility index (Phi) is 5.72. The van der Waals surface area contributed by atoms with E-state index in [4.69, 9.17) is 0 Å². The van der Waals surface area contributed by atoms with Crippen molar-refractivity contribution in [3.8, 4) is 0 Å². The Morgan fingerprint density at radius 1 is 1.18 bits per heavy atom. The minimum absolute atomic E-state index is 0.691. The van der Waals surface area contributed by atoms with Crippen molar-refractivity contribution < 1.29 is 4.21 Å². The highest BCUT2D eigenvalue weighted by Gasteiger charge is 2.16. The summed E-state index contributed by atoms with van der Waals surface area (Å²) >= 11 is 0. The zero-order valence-corrected chi connectivity index (χ0v) is 8.65. The quantitative estimate of drug-likeness (QED) is 0.539. The molecule has 68 valence electrons. The number of hydrogen-bond acceptors (Lipinski definition) is 2. The van der Waals surface area contributed by atoms with E-state index in [9.17, 15) is 4.21 Å². The normalized spacial score (nSPS) is 27.5. The molecular formula is C7H18N2OS. The van der Waals surface area contributed by atoms with Gasteiger partial charge in [-0.05, 0) is 14.1 Å². The Morgan fingerprint density at radius 3 is 2.09 bits per heavy atom. The zero-order chi connectivity index (χ0) is 8.85. The summed E-state index contributed by atoms with van der Waals surface area (Å²) in [5.74, 6) is 0.691. The first kappa shape index (κ1) is 11.1. The smallest absolute Gasteiger partial charge is 0.109 e. The van der Waals surface area contributed by atoms with Crippen LogP contribution in [0.2, 0.25) is 0 Å². The Hall–Kier alpha value is 0.0700. The summed E-state index contributed by atoms with van der Waals surface area (Å²) in [6.07, 6.45) is 0. The largest absolute Gasteiger partial charge is 0.293 e. The lowest BCUT2D eigenvalue weighted by atomic mass is 10.6. The molecule has 3 nitrogen and oxygen atoms in total. The van der Waals surface area contributed by atoms with Gasteiger partial charge in [0.1, 0.15) is 11.0 Å². The van der Waals surface area contributed by atoms with E-state index in [1.54, 1.807) is 0 Å². The molecule has 0 bridgehead atoms. The van der Waals surface area contributed by atoms with Crippen molar-refractivity contribution in [2.24, 2.45) is 0 Å². The van der Waals surface area contributed by atoms with E-state index in [-0.39, 0.29) is 0 Å². The van der Waals surface area contributed by atoms with Crippen LogP contribution in [0.25, 0.3) is 0 Å². The van der Waals surface area contributed by atoms with Gasteiger partial charge in [0.2, 0.25) is 0 Å². The Bertz CT molecular complexity index is 130. The van der Waals surface area contributed by atoms with Crippen molar-refractivity contribution >= 4 is 11.0 Å². The molecular weight excluding hydrogens is 160 g/mol. The molecule has 0 aromatic heterocycles. The fourth-order valence-corrected chi connectivity index (χ4v) is 1.75. The molecule has 0 aromatic carbocycles. The van der Waals surface area contributed by atoms with Crippen molar-refractivity contribution in [2.45, 2.75) is 13.8 Å². The molecule has 1 aliphatic rings. The molecule has 1 unspecified atom stereocenters. The number of rotatable bonds is 0. The highest BCUT2D eigenvalue weighted by Crippen LogP contribution is 2.00. The zero-order valence-electron chi connectivity index (χ0n) is 7.83. The Morgan fingerprint density at radius 2 is 1.73 bits per heavy atom. The molecule has 1 atom stereocenters. The molecule has 0 spiro atoms. The van der Waals surface area contributed by atoms with Crippen LogP contribution in [-0.4, -0.2) is 46.5 Å². The fraction of sp³-hybridized carbons (Fsp3) is 1.00. The second kappa shape index (κ2) is 5.69. The van der Waals surface area contributed by atoms with Gasteiger partial charge in [-0.25, -0.2) is 8.51 Å². The van der Waals surface area contributed by atoms with E-state index in [0.29, 0.717) is 5.88 Å². The number of likely N-dealkylation sites (N-methyl/N-ethyl adjacent to an activating group) is 2. The summed E-state index contributed by atoms with van der Waals surface area (Å²) in [4.78, 5) is 2.08. The fourth-order valence-electron chi connectivity index (χ4n) is 0.765. The van der Waals surface area contributed by atoms with Gasteiger partial charge in [-0.3, -0.25) is 4.90 Å². The maximum Gasteiger partial charge on any atom is 0.109 e. The molecule has 0 aromatic rings. The van der Waals surface area contributed by atoms with Crippen LogP contribution in [0.15, 0.2) is 0 Å². The van der Waals surface area contributed by atoms with Gasteiger partial charge in [0.05, 0.1) is 5.88 Å². The summed E-state index contributed by atoms with van der Waals surface area (Å²) in [7, 11) is 3.13. The third-order valence-electron chi connectivity index (χ3n) is 1.48. The van der Waals surface area contributed by atoms with Crippen LogP contribution in [0.3, 0.4) is 0 Å². The van der Waals surface area contributed by atoms with Gasteiger partial charge in [-0.2, -0.15) is 0 Å². The summed E-state index contributed by atoms with van der Waals surface area (Å²) in [5.41, 5.74) is 0. The first-order valence-electron chi connectivity index (χ1n) is 3.98.